The Morgan fingerprint density at radius 2 is 1.69 bits per heavy atom. The Kier molecular flexibility index (Phi) is 10.6. The van der Waals surface area contributed by atoms with Crippen LogP contribution in [0.2, 0.25) is 0 Å². The number of hydrogen-bond donors (Lipinski definition) is 1. The molecule has 0 spiro atoms. The number of nitro groups is 1. The Morgan fingerprint density at radius 3 is 2.38 bits per heavy atom. The number of ether oxygens (including phenoxy) is 1. The van der Waals surface area contributed by atoms with Gasteiger partial charge in [0.05, 0.1) is 17.6 Å². The number of carbonyl (C=O) groups excluding carboxylic acids is 1. The van der Waals surface area contributed by atoms with Crippen molar-refractivity contribution >= 4 is 23.4 Å². The summed E-state index contributed by atoms with van der Waals surface area (Å²) in [5, 5.41) is 24.3. The van der Waals surface area contributed by atoms with E-state index in [1.807, 2.05) is 41.0 Å². The zero-order chi connectivity index (χ0) is 31.6. The molecule has 0 saturated carbocycles. The number of aryl methyl sites for hydroxylation is 1. The van der Waals surface area contributed by atoms with E-state index in [0.717, 1.165) is 29.5 Å². The number of benzene rings is 4. The number of non-ortho nitro benzene ring substituents is 1. The average molecular weight is 622 g/mol. The summed E-state index contributed by atoms with van der Waals surface area (Å²) in [6.07, 6.45) is 2.46. The van der Waals surface area contributed by atoms with Crippen molar-refractivity contribution in [1.29, 1.82) is 0 Å². The molecule has 4 aromatic carbocycles. The number of thioether (sulfide) groups is 1. The number of hydrogen-bond acceptors (Lipinski definition) is 7. The van der Waals surface area contributed by atoms with E-state index in [2.05, 4.69) is 47.6 Å². The Labute approximate surface area is 266 Å². The summed E-state index contributed by atoms with van der Waals surface area (Å²) >= 11 is 1.51. The van der Waals surface area contributed by atoms with Gasteiger partial charge in [-0.2, -0.15) is 0 Å². The van der Waals surface area contributed by atoms with Crippen LogP contribution in [0, 0.1) is 17.0 Å². The summed E-state index contributed by atoms with van der Waals surface area (Å²) in [6.45, 7) is 4.79. The van der Waals surface area contributed by atoms with Crippen molar-refractivity contribution in [3.63, 3.8) is 0 Å². The van der Waals surface area contributed by atoms with E-state index < -0.39 is 11.0 Å². The van der Waals surface area contributed by atoms with Crippen molar-refractivity contribution in [3.05, 3.63) is 141 Å². The second-order valence-electron chi connectivity index (χ2n) is 10.7. The van der Waals surface area contributed by atoms with Crippen LogP contribution in [0.1, 0.15) is 58.7 Å². The van der Waals surface area contributed by atoms with E-state index in [-0.39, 0.29) is 11.6 Å². The van der Waals surface area contributed by atoms with Crippen molar-refractivity contribution in [2.75, 3.05) is 6.61 Å². The Morgan fingerprint density at radius 1 is 0.956 bits per heavy atom. The van der Waals surface area contributed by atoms with Crippen molar-refractivity contribution < 1.29 is 14.5 Å². The van der Waals surface area contributed by atoms with Crippen LogP contribution in [0.5, 0.6) is 5.75 Å². The molecule has 1 atom stereocenters. The van der Waals surface area contributed by atoms with Crippen LogP contribution in [-0.4, -0.2) is 32.2 Å². The van der Waals surface area contributed by atoms with Crippen LogP contribution in [0.4, 0.5) is 5.69 Å². The molecular formula is C35H35N5O4S. The van der Waals surface area contributed by atoms with Crippen LogP contribution in [0.3, 0.4) is 0 Å². The fraction of sp³-hybridized carbons (Fsp3) is 0.229. The smallest absolute Gasteiger partial charge is 0.269 e. The Bertz CT molecular complexity index is 1720. The maximum Gasteiger partial charge on any atom is 0.269 e. The molecule has 5 aromatic rings. The number of nitrogens with zero attached hydrogens (tertiary/aromatic N) is 4. The fourth-order valence-electron chi connectivity index (χ4n) is 4.85. The lowest BCUT2D eigenvalue weighted by atomic mass is 10.0. The molecular weight excluding hydrogens is 586 g/mol. The van der Waals surface area contributed by atoms with Crippen molar-refractivity contribution in [2.45, 2.75) is 50.1 Å². The zero-order valence-electron chi connectivity index (χ0n) is 25.3. The lowest BCUT2D eigenvalue weighted by molar-refractivity contribution is -0.384. The summed E-state index contributed by atoms with van der Waals surface area (Å²) in [5.41, 5.74) is 4.45. The molecule has 1 N–H and O–H groups in total. The van der Waals surface area contributed by atoms with Gasteiger partial charge in [0.25, 0.3) is 11.6 Å². The van der Waals surface area contributed by atoms with Crippen molar-refractivity contribution in [2.24, 2.45) is 0 Å². The van der Waals surface area contributed by atoms with Crippen LogP contribution in [0.25, 0.3) is 5.69 Å². The highest BCUT2D eigenvalue weighted by atomic mass is 32.2. The lowest BCUT2D eigenvalue weighted by Crippen LogP contribution is -2.32. The molecule has 0 bridgehead atoms. The summed E-state index contributed by atoms with van der Waals surface area (Å²) < 4.78 is 7.64. The van der Waals surface area contributed by atoms with E-state index in [1.165, 1.54) is 23.9 Å². The second-order valence-corrected chi connectivity index (χ2v) is 11.6. The van der Waals surface area contributed by atoms with Gasteiger partial charge in [0, 0.05) is 29.1 Å². The third-order valence-corrected chi connectivity index (χ3v) is 8.21. The maximum absolute atomic E-state index is 13.6. The number of amides is 1. The highest BCUT2D eigenvalue weighted by molar-refractivity contribution is 7.98. The predicted molar refractivity (Wildman–Crippen MR) is 176 cm³/mol. The molecule has 5 rings (SSSR count). The van der Waals surface area contributed by atoms with Crippen molar-refractivity contribution in [1.82, 2.24) is 20.1 Å². The van der Waals surface area contributed by atoms with E-state index in [1.54, 1.807) is 36.4 Å². The first-order valence-electron chi connectivity index (χ1n) is 14.9. The van der Waals surface area contributed by atoms with Gasteiger partial charge in [0.2, 0.25) is 0 Å². The van der Waals surface area contributed by atoms with Gasteiger partial charge in [-0.15, -0.1) is 10.2 Å². The first kappa shape index (κ1) is 31.5. The Balaban J connectivity index is 1.49. The molecule has 0 aliphatic heterocycles. The van der Waals surface area contributed by atoms with Gasteiger partial charge < -0.3 is 10.1 Å². The number of carbonyl (C=O) groups is 1. The van der Waals surface area contributed by atoms with E-state index >= 15 is 0 Å². The molecule has 1 heterocycles. The quantitative estimate of drug-likeness (QED) is 0.0586. The molecule has 0 fully saturated rings. The molecule has 10 heteroatoms. The third kappa shape index (κ3) is 8.36. The van der Waals surface area contributed by atoms with Gasteiger partial charge in [-0.3, -0.25) is 19.5 Å². The monoisotopic (exact) mass is 621 g/mol. The SMILES string of the molecule is CCCCOc1ccc(C(=O)NC(Cc2ccccc2)c2nnc(SCc3cccc(C)c3)n2-c2ccc([N+](=O)[O-])cc2)cc1. The van der Waals surface area contributed by atoms with Crippen LogP contribution >= 0.6 is 11.8 Å². The molecule has 9 nitrogen and oxygen atoms in total. The van der Waals surface area contributed by atoms with Crippen LogP contribution in [-0.2, 0) is 12.2 Å². The third-order valence-electron chi connectivity index (χ3n) is 7.21. The molecule has 1 unspecified atom stereocenters. The maximum atomic E-state index is 13.6. The minimum absolute atomic E-state index is 0.0152. The number of aromatic nitrogens is 3. The molecule has 0 aliphatic rings. The average Bonchev–Trinajstić information content (AvgIpc) is 3.48. The highest BCUT2D eigenvalue weighted by Gasteiger charge is 2.26. The van der Waals surface area contributed by atoms with Gasteiger partial charge in [0.1, 0.15) is 5.75 Å². The number of nitro benzene ring substituents is 1. The van der Waals surface area contributed by atoms with Crippen LogP contribution in [0.15, 0.2) is 108 Å². The van der Waals surface area contributed by atoms with E-state index in [9.17, 15) is 14.9 Å². The second kappa shape index (κ2) is 15.2. The van der Waals surface area contributed by atoms with Gasteiger partial charge in [-0.05, 0) is 67.3 Å². The van der Waals surface area contributed by atoms with Gasteiger partial charge in [0.15, 0.2) is 11.0 Å². The van der Waals surface area contributed by atoms with E-state index in [0.29, 0.717) is 46.8 Å². The number of nitrogens with one attached hydrogen (secondary N) is 1. The van der Waals surface area contributed by atoms with Gasteiger partial charge in [-0.1, -0.05) is 85.3 Å². The molecule has 1 amide bonds. The normalized spacial score (nSPS) is 11.6. The first-order valence-corrected chi connectivity index (χ1v) is 15.9. The predicted octanol–water partition coefficient (Wildman–Crippen LogP) is 7.67. The molecule has 0 radical (unpaired) electrons. The summed E-state index contributed by atoms with van der Waals surface area (Å²) in [5.74, 6) is 1.62. The Hall–Kier alpha value is -4.96. The highest BCUT2D eigenvalue weighted by Crippen LogP contribution is 2.30. The largest absolute Gasteiger partial charge is 0.494 e. The minimum Gasteiger partial charge on any atom is -0.494 e. The summed E-state index contributed by atoms with van der Waals surface area (Å²) in [4.78, 5) is 24.6. The topological polar surface area (TPSA) is 112 Å². The van der Waals surface area contributed by atoms with Crippen molar-refractivity contribution in [3.8, 4) is 11.4 Å². The molecule has 1 aromatic heterocycles. The molecule has 230 valence electrons. The first-order chi connectivity index (χ1) is 21.9. The van der Waals surface area contributed by atoms with Gasteiger partial charge in [-0.25, -0.2) is 0 Å². The minimum atomic E-state index is -0.559. The lowest BCUT2D eigenvalue weighted by Gasteiger charge is -2.20. The zero-order valence-corrected chi connectivity index (χ0v) is 26.1. The summed E-state index contributed by atoms with van der Waals surface area (Å²) in [6, 6.07) is 30.9. The molecule has 0 aliphatic carbocycles. The molecule has 0 saturated heterocycles. The summed E-state index contributed by atoms with van der Waals surface area (Å²) in [7, 11) is 0. The standard InChI is InChI=1S/C35H35N5O4S/c1-3-4-21-44-31-19-13-28(14-20-31)34(41)36-32(23-26-10-6-5-7-11-26)33-37-38-35(45-24-27-12-8-9-25(2)22-27)39(33)29-15-17-30(18-16-29)40(42)43/h5-20,22,32H,3-4,21,23-24H2,1-2H3,(H,36,41). The number of rotatable bonds is 14. The fourth-order valence-corrected chi connectivity index (χ4v) is 5.75. The van der Waals surface area contributed by atoms with E-state index in [4.69, 9.17) is 4.74 Å². The van der Waals surface area contributed by atoms with Crippen LogP contribution < -0.4 is 10.1 Å². The number of unbranched alkanes of at least 4 members (excludes halogenated alkanes) is 1. The molecule has 45 heavy (non-hydrogen) atoms. The van der Waals surface area contributed by atoms with Gasteiger partial charge >= 0.3 is 0 Å².